The van der Waals surface area contributed by atoms with Crippen LogP contribution in [0.4, 0.5) is 11.4 Å². The van der Waals surface area contributed by atoms with Crippen LogP contribution in [0.25, 0.3) is 5.69 Å². The summed E-state index contributed by atoms with van der Waals surface area (Å²) in [6.45, 7) is 4.14. The zero-order valence-corrected chi connectivity index (χ0v) is 22.9. The summed E-state index contributed by atoms with van der Waals surface area (Å²) in [6, 6.07) is 22.6. The van der Waals surface area contributed by atoms with E-state index in [1.54, 1.807) is 18.3 Å². The molecule has 2 aromatic heterocycles. The van der Waals surface area contributed by atoms with Crippen LogP contribution in [0.5, 0.6) is 0 Å². The Morgan fingerprint density at radius 1 is 1.03 bits per heavy atom. The van der Waals surface area contributed by atoms with Crippen LogP contribution in [0.15, 0.2) is 79.0 Å². The summed E-state index contributed by atoms with van der Waals surface area (Å²) >= 11 is 12.4. The van der Waals surface area contributed by atoms with E-state index in [9.17, 15) is 8.42 Å². The van der Waals surface area contributed by atoms with Crippen LogP contribution in [0, 0.1) is 13.8 Å². The fourth-order valence-corrected chi connectivity index (χ4v) is 6.07. The molecule has 1 aliphatic rings. The Hall–Kier alpha value is -3.40. The van der Waals surface area contributed by atoms with Crippen LogP contribution in [0.3, 0.4) is 0 Å². The Labute approximate surface area is 227 Å². The van der Waals surface area contributed by atoms with Gasteiger partial charge in [0.2, 0.25) is 10.0 Å². The Bertz CT molecular complexity index is 1570. The number of anilines is 2. The normalized spacial score (nSPS) is 17.6. The maximum atomic E-state index is 11.7. The molecule has 0 amide bonds. The Balaban J connectivity index is 1.64. The lowest BCUT2D eigenvalue weighted by molar-refractivity contribution is 0.565. The fraction of sp³-hybridized carbons (Fsp3) is 0.185. The zero-order chi connectivity index (χ0) is 26.3. The first-order valence-corrected chi connectivity index (χ1v) is 14.3. The zero-order valence-electron chi connectivity index (χ0n) is 20.5. The lowest BCUT2D eigenvalue weighted by Gasteiger charge is -2.28. The number of sulfonamides is 1. The monoisotopic (exact) mass is 551 g/mol. The lowest BCUT2D eigenvalue weighted by Crippen LogP contribution is -2.29. The molecule has 0 saturated carbocycles. The standard InChI is InChI=1S/C27H26ClN5O2S2/c1-17-16-21(18(2)32(17)24-10-5-4-8-22(24)28)26-25(23-9-6-7-15-29-23)30-27(36)33(26)20-13-11-19(12-14-20)31-37(3,34)35/h4-16,25-26,31H,1-3H3,(H,30,36)/t25-,26+/m0/s1. The number of nitrogens with one attached hydrogen (secondary N) is 2. The number of aromatic nitrogens is 2. The third-order valence-corrected chi connectivity index (χ3v) is 7.67. The number of nitrogens with zero attached hydrogens (tertiary/aromatic N) is 3. The van der Waals surface area contributed by atoms with E-state index in [-0.39, 0.29) is 12.1 Å². The first-order chi connectivity index (χ1) is 17.6. The molecule has 1 fully saturated rings. The third-order valence-electron chi connectivity index (χ3n) is 6.43. The Morgan fingerprint density at radius 2 is 1.73 bits per heavy atom. The molecule has 190 valence electrons. The number of aryl methyl sites for hydroxylation is 1. The van der Waals surface area contributed by atoms with Crippen LogP contribution < -0.4 is 14.9 Å². The molecule has 3 heterocycles. The molecule has 1 aliphatic heterocycles. The quantitative estimate of drug-likeness (QED) is 0.300. The van der Waals surface area contributed by atoms with Crippen molar-refractivity contribution in [3.05, 3.63) is 107 Å². The molecule has 5 rings (SSSR count). The van der Waals surface area contributed by atoms with E-state index >= 15 is 0 Å². The number of benzene rings is 2. The van der Waals surface area contributed by atoms with Crippen molar-refractivity contribution in [3.8, 4) is 5.69 Å². The van der Waals surface area contributed by atoms with Crippen molar-refractivity contribution in [2.45, 2.75) is 25.9 Å². The van der Waals surface area contributed by atoms with Gasteiger partial charge in [-0.05, 0) is 86.2 Å². The average molecular weight is 552 g/mol. The van der Waals surface area contributed by atoms with Crippen LogP contribution in [-0.2, 0) is 10.0 Å². The maximum absolute atomic E-state index is 11.7. The number of halogens is 1. The highest BCUT2D eigenvalue weighted by molar-refractivity contribution is 7.92. The second kappa shape index (κ2) is 9.81. The van der Waals surface area contributed by atoms with Gasteiger partial charge in [0, 0.05) is 29.0 Å². The number of hydrogen-bond acceptors (Lipinski definition) is 4. The molecule has 7 nitrogen and oxygen atoms in total. The van der Waals surface area contributed by atoms with E-state index in [1.807, 2.05) is 54.6 Å². The van der Waals surface area contributed by atoms with Crippen molar-refractivity contribution >= 4 is 50.3 Å². The van der Waals surface area contributed by atoms with Crippen LogP contribution in [-0.4, -0.2) is 29.3 Å². The molecule has 0 radical (unpaired) electrons. The molecular weight excluding hydrogens is 526 g/mol. The van der Waals surface area contributed by atoms with Crippen LogP contribution in [0.2, 0.25) is 5.02 Å². The summed E-state index contributed by atoms with van der Waals surface area (Å²) in [7, 11) is -3.38. The summed E-state index contributed by atoms with van der Waals surface area (Å²) in [5.41, 5.74) is 6.28. The molecule has 2 N–H and O–H groups in total. The van der Waals surface area contributed by atoms with E-state index in [0.29, 0.717) is 15.8 Å². The minimum Gasteiger partial charge on any atom is -0.351 e. The van der Waals surface area contributed by atoms with E-state index in [2.05, 4.69) is 44.4 Å². The number of para-hydroxylation sites is 1. The van der Waals surface area contributed by atoms with Crippen LogP contribution >= 0.6 is 23.8 Å². The smallest absolute Gasteiger partial charge is 0.229 e. The van der Waals surface area contributed by atoms with E-state index in [1.165, 1.54) is 0 Å². The van der Waals surface area contributed by atoms with Crippen molar-refractivity contribution in [1.29, 1.82) is 0 Å². The second-order valence-corrected chi connectivity index (χ2v) is 11.6. The molecule has 37 heavy (non-hydrogen) atoms. The van der Waals surface area contributed by atoms with Gasteiger partial charge in [-0.2, -0.15) is 0 Å². The summed E-state index contributed by atoms with van der Waals surface area (Å²) < 4.78 is 28.0. The minimum atomic E-state index is -3.38. The largest absolute Gasteiger partial charge is 0.351 e. The Kier molecular flexibility index (Phi) is 6.70. The molecule has 0 spiro atoms. The van der Waals surface area contributed by atoms with E-state index in [4.69, 9.17) is 23.8 Å². The van der Waals surface area contributed by atoms with Gasteiger partial charge in [-0.25, -0.2) is 8.42 Å². The highest BCUT2D eigenvalue weighted by atomic mass is 35.5. The number of pyridine rings is 1. The number of rotatable bonds is 6. The van der Waals surface area contributed by atoms with Gasteiger partial charge in [-0.15, -0.1) is 0 Å². The molecule has 10 heteroatoms. The number of hydrogen-bond donors (Lipinski definition) is 2. The predicted octanol–water partition coefficient (Wildman–Crippen LogP) is 5.69. The maximum Gasteiger partial charge on any atom is 0.229 e. The van der Waals surface area contributed by atoms with Gasteiger partial charge in [0.15, 0.2) is 5.11 Å². The Morgan fingerprint density at radius 3 is 2.38 bits per heavy atom. The van der Waals surface area contributed by atoms with Crippen molar-refractivity contribution in [3.63, 3.8) is 0 Å². The van der Waals surface area contributed by atoms with Crippen molar-refractivity contribution in [2.75, 3.05) is 15.9 Å². The summed E-state index contributed by atoms with van der Waals surface area (Å²) in [5, 5.41) is 4.71. The van der Waals surface area contributed by atoms with Crippen LogP contribution in [0.1, 0.15) is 34.7 Å². The van der Waals surface area contributed by atoms with Gasteiger partial charge in [0.05, 0.1) is 34.7 Å². The van der Waals surface area contributed by atoms with E-state index < -0.39 is 10.0 Å². The van der Waals surface area contributed by atoms with E-state index in [0.717, 1.165) is 40.3 Å². The third kappa shape index (κ3) is 4.94. The minimum absolute atomic E-state index is 0.206. The van der Waals surface area contributed by atoms with Gasteiger partial charge < -0.3 is 14.8 Å². The average Bonchev–Trinajstić information content (AvgIpc) is 3.35. The fourth-order valence-electron chi connectivity index (χ4n) is 4.94. The van der Waals surface area contributed by atoms with Gasteiger partial charge in [-0.3, -0.25) is 9.71 Å². The van der Waals surface area contributed by atoms with Crippen molar-refractivity contribution in [1.82, 2.24) is 14.9 Å². The molecule has 1 saturated heterocycles. The molecular formula is C27H26ClN5O2S2. The molecule has 4 aromatic rings. The molecule has 0 aliphatic carbocycles. The highest BCUT2D eigenvalue weighted by Crippen LogP contribution is 2.44. The topological polar surface area (TPSA) is 79.3 Å². The van der Waals surface area contributed by atoms with Gasteiger partial charge >= 0.3 is 0 Å². The molecule has 2 atom stereocenters. The van der Waals surface area contributed by atoms with Crippen molar-refractivity contribution in [2.24, 2.45) is 0 Å². The second-order valence-electron chi connectivity index (χ2n) is 9.03. The first kappa shape index (κ1) is 25.3. The van der Waals surface area contributed by atoms with Crippen molar-refractivity contribution < 1.29 is 8.42 Å². The summed E-state index contributed by atoms with van der Waals surface area (Å²) in [5.74, 6) is 0. The SMILES string of the molecule is Cc1cc([C@@H]2[C@H](c3ccccn3)NC(=S)N2c2ccc(NS(C)(=O)=O)cc2)c(C)n1-c1ccccc1Cl. The molecule has 0 unspecified atom stereocenters. The first-order valence-electron chi connectivity index (χ1n) is 11.7. The summed E-state index contributed by atoms with van der Waals surface area (Å²) in [6.07, 6.45) is 2.90. The summed E-state index contributed by atoms with van der Waals surface area (Å²) in [4.78, 5) is 6.70. The molecule has 2 aromatic carbocycles. The number of thiocarbonyl (C=S) groups is 1. The van der Waals surface area contributed by atoms with Gasteiger partial charge in [-0.1, -0.05) is 29.8 Å². The predicted molar refractivity (Wildman–Crippen MR) is 153 cm³/mol. The highest BCUT2D eigenvalue weighted by Gasteiger charge is 2.42. The lowest BCUT2D eigenvalue weighted by atomic mass is 9.96. The molecule has 0 bridgehead atoms. The van der Waals surface area contributed by atoms with Gasteiger partial charge in [0.1, 0.15) is 0 Å². The van der Waals surface area contributed by atoms with Gasteiger partial charge in [0.25, 0.3) is 0 Å².